The average Bonchev–Trinajstić information content (AvgIpc) is 3.01. The van der Waals surface area contributed by atoms with Crippen molar-refractivity contribution in [3.63, 3.8) is 0 Å². The zero-order valence-corrected chi connectivity index (χ0v) is 16.2. The molecule has 5 heteroatoms. The molecule has 2 fully saturated rings. The Balaban J connectivity index is 2.00. The van der Waals surface area contributed by atoms with E-state index in [2.05, 4.69) is 20.8 Å². The van der Waals surface area contributed by atoms with Crippen LogP contribution >= 0.6 is 0 Å². The van der Waals surface area contributed by atoms with Crippen molar-refractivity contribution < 1.29 is 23.9 Å². The van der Waals surface area contributed by atoms with E-state index in [-0.39, 0.29) is 18.3 Å². The highest BCUT2D eigenvalue weighted by Gasteiger charge is 2.50. The standard InChI is InChI=1S/C20H32O5/c1-12(2)7-6-8-13(3)14-9-10-15(21)16(14)18(22)25-17-19(23)24-11-20(17,4)5/h12-14,16-17H,6-11H2,1-5H3/t13-,14-,16-,17-/m0/s1. The van der Waals surface area contributed by atoms with Crippen LogP contribution in [0.1, 0.15) is 66.7 Å². The largest absolute Gasteiger partial charge is 0.462 e. The first-order valence-corrected chi connectivity index (χ1v) is 9.53. The summed E-state index contributed by atoms with van der Waals surface area (Å²) < 4.78 is 10.5. The lowest BCUT2D eigenvalue weighted by Crippen LogP contribution is -2.39. The van der Waals surface area contributed by atoms with Gasteiger partial charge in [-0.3, -0.25) is 9.59 Å². The van der Waals surface area contributed by atoms with Gasteiger partial charge in [-0.25, -0.2) is 4.79 Å². The van der Waals surface area contributed by atoms with Crippen molar-refractivity contribution in [1.82, 2.24) is 0 Å². The van der Waals surface area contributed by atoms with Crippen LogP contribution in [0.4, 0.5) is 0 Å². The van der Waals surface area contributed by atoms with Crippen molar-refractivity contribution in [3.05, 3.63) is 0 Å². The Kier molecular flexibility index (Phi) is 6.28. The van der Waals surface area contributed by atoms with E-state index in [1.165, 1.54) is 0 Å². The maximum absolute atomic E-state index is 12.7. The number of cyclic esters (lactones) is 1. The maximum Gasteiger partial charge on any atom is 0.348 e. The third-order valence-corrected chi connectivity index (χ3v) is 5.67. The van der Waals surface area contributed by atoms with Gasteiger partial charge in [0, 0.05) is 11.8 Å². The number of carbonyl (C=O) groups is 3. The van der Waals surface area contributed by atoms with E-state index >= 15 is 0 Å². The van der Waals surface area contributed by atoms with Crippen molar-refractivity contribution in [3.8, 4) is 0 Å². The first-order chi connectivity index (χ1) is 11.6. The molecule has 0 N–H and O–H groups in total. The van der Waals surface area contributed by atoms with Crippen LogP contribution in [0.5, 0.6) is 0 Å². The zero-order valence-electron chi connectivity index (χ0n) is 16.2. The normalized spacial score (nSPS) is 29.8. The smallest absolute Gasteiger partial charge is 0.348 e. The van der Waals surface area contributed by atoms with Gasteiger partial charge in [0.1, 0.15) is 18.3 Å². The van der Waals surface area contributed by atoms with E-state index in [0.717, 1.165) is 25.7 Å². The Bertz CT molecular complexity index is 522. The molecule has 5 nitrogen and oxygen atoms in total. The van der Waals surface area contributed by atoms with Gasteiger partial charge in [-0.15, -0.1) is 0 Å². The molecule has 1 heterocycles. The molecule has 4 atom stereocenters. The predicted octanol–water partition coefficient (Wildman–Crippen LogP) is 3.54. The molecule has 1 aliphatic carbocycles. The molecule has 1 saturated heterocycles. The van der Waals surface area contributed by atoms with Gasteiger partial charge in [-0.05, 0) is 24.2 Å². The second-order valence-electron chi connectivity index (χ2n) is 8.86. The molecular weight excluding hydrogens is 320 g/mol. The quantitative estimate of drug-likeness (QED) is 0.518. The second kappa shape index (κ2) is 7.88. The first-order valence-electron chi connectivity index (χ1n) is 9.53. The number of rotatable bonds is 7. The third-order valence-electron chi connectivity index (χ3n) is 5.67. The number of ketones is 1. The first kappa shape index (κ1) is 19.9. The van der Waals surface area contributed by atoms with Gasteiger partial charge in [0.2, 0.25) is 6.10 Å². The van der Waals surface area contributed by atoms with Crippen LogP contribution in [0, 0.1) is 29.1 Å². The number of hydrogen-bond donors (Lipinski definition) is 0. The van der Waals surface area contributed by atoms with Gasteiger partial charge in [-0.1, -0.05) is 53.9 Å². The van der Waals surface area contributed by atoms with Crippen LogP contribution in [-0.4, -0.2) is 30.4 Å². The van der Waals surface area contributed by atoms with E-state index in [1.54, 1.807) is 0 Å². The monoisotopic (exact) mass is 352 g/mol. The molecule has 1 aliphatic heterocycles. The summed E-state index contributed by atoms with van der Waals surface area (Å²) in [4.78, 5) is 36.9. The number of carbonyl (C=O) groups excluding carboxylic acids is 3. The third kappa shape index (κ3) is 4.62. The van der Waals surface area contributed by atoms with Gasteiger partial charge in [0.25, 0.3) is 0 Å². The number of esters is 2. The minimum atomic E-state index is -0.912. The van der Waals surface area contributed by atoms with Crippen molar-refractivity contribution >= 4 is 17.7 Å². The van der Waals surface area contributed by atoms with E-state index in [4.69, 9.17) is 9.47 Å². The molecule has 25 heavy (non-hydrogen) atoms. The Morgan fingerprint density at radius 2 is 1.92 bits per heavy atom. The summed E-state index contributed by atoms with van der Waals surface area (Å²) >= 11 is 0. The molecule has 0 aromatic heterocycles. The van der Waals surface area contributed by atoms with Crippen LogP contribution < -0.4 is 0 Å². The number of Topliss-reactive ketones (excluding diaryl/α,β-unsaturated/α-hetero) is 1. The number of hydrogen-bond acceptors (Lipinski definition) is 5. The lowest BCUT2D eigenvalue weighted by molar-refractivity contribution is -0.168. The van der Waals surface area contributed by atoms with Gasteiger partial charge in [0.15, 0.2) is 0 Å². The minimum absolute atomic E-state index is 0.0210. The summed E-state index contributed by atoms with van der Waals surface area (Å²) in [7, 11) is 0. The molecule has 0 amide bonds. The molecular formula is C20H32O5. The van der Waals surface area contributed by atoms with Crippen LogP contribution in [-0.2, 0) is 23.9 Å². The van der Waals surface area contributed by atoms with Crippen LogP contribution in [0.15, 0.2) is 0 Å². The van der Waals surface area contributed by atoms with Gasteiger partial charge >= 0.3 is 11.9 Å². The van der Waals surface area contributed by atoms with Crippen LogP contribution in [0.25, 0.3) is 0 Å². The van der Waals surface area contributed by atoms with E-state index in [0.29, 0.717) is 18.3 Å². The van der Waals surface area contributed by atoms with E-state index in [9.17, 15) is 14.4 Å². The summed E-state index contributed by atoms with van der Waals surface area (Å²) in [5.74, 6) is -0.841. The van der Waals surface area contributed by atoms with Crippen molar-refractivity contribution in [2.24, 2.45) is 29.1 Å². The Hall–Kier alpha value is -1.39. The molecule has 0 bridgehead atoms. The van der Waals surface area contributed by atoms with Gasteiger partial charge in [0.05, 0.1) is 0 Å². The molecule has 0 spiro atoms. The molecule has 0 unspecified atom stereocenters. The van der Waals surface area contributed by atoms with Gasteiger partial charge in [-0.2, -0.15) is 0 Å². The summed E-state index contributed by atoms with van der Waals surface area (Å²) in [5, 5.41) is 0. The molecule has 1 saturated carbocycles. The fourth-order valence-electron chi connectivity index (χ4n) is 3.98. The maximum atomic E-state index is 12.7. The van der Waals surface area contributed by atoms with E-state index in [1.807, 2.05) is 13.8 Å². The van der Waals surface area contributed by atoms with Gasteiger partial charge < -0.3 is 9.47 Å². The summed E-state index contributed by atoms with van der Waals surface area (Å²) in [6, 6.07) is 0. The average molecular weight is 352 g/mol. The lowest BCUT2D eigenvalue weighted by atomic mass is 9.81. The molecule has 0 radical (unpaired) electrons. The Morgan fingerprint density at radius 1 is 1.24 bits per heavy atom. The Morgan fingerprint density at radius 3 is 2.48 bits per heavy atom. The highest BCUT2D eigenvalue weighted by molar-refractivity contribution is 6.01. The Labute approximate surface area is 150 Å². The summed E-state index contributed by atoms with van der Waals surface area (Å²) in [6.07, 6.45) is 3.52. The van der Waals surface area contributed by atoms with Crippen molar-refractivity contribution in [2.75, 3.05) is 6.61 Å². The lowest BCUT2D eigenvalue weighted by Gasteiger charge is -2.27. The highest BCUT2D eigenvalue weighted by Crippen LogP contribution is 2.39. The summed E-state index contributed by atoms with van der Waals surface area (Å²) in [6.45, 7) is 10.4. The van der Waals surface area contributed by atoms with Crippen molar-refractivity contribution in [2.45, 2.75) is 72.8 Å². The van der Waals surface area contributed by atoms with Crippen LogP contribution in [0.2, 0.25) is 0 Å². The highest BCUT2D eigenvalue weighted by atomic mass is 16.6. The predicted molar refractivity (Wildman–Crippen MR) is 93.7 cm³/mol. The SMILES string of the molecule is CC(C)CCC[C@H](C)[C@@H]1CCC(=O)[C@H]1C(=O)O[C@H]1C(=O)OCC1(C)C. The molecule has 0 aromatic rings. The second-order valence-corrected chi connectivity index (χ2v) is 8.86. The minimum Gasteiger partial charge on any atom is -0.462 e. The molecule has 142 valence electrons. The fourth-order valence-corrected chi connectivity index (χ4v) is 3.98. The van der Waals surface area contributed by atoms with Crippen molar-refractivity contribution in [1.29, 1.82) is 0 Å². The zero-order chi connectivity index (χ0) is 18.8. The molecule has 2 rings (SSSR count). The topological polar surface area (TPSA) is 69.7 Å². The molecule has 2 aliphatic rings. The number of ether oxygens (including phenoxy) is 2. The van der Waals surface area contributed by atoms with Crippen LogP contribution in [0.3, 0.4) is 0 Å². The summed E-state index contributed by atoms with van der Waals surface area (Å²) in [5.41, 5.74) is -0.549. The fraction of sp³-hybridized carbons (Fsp3) is 0.850. The molecule has 0 aromatic carbocycles. The van der Waals surface area contributed by atoms with E-state index < -0.39 is 29.4 Å².